The van der Waals surface area contributed by atoms with Gasteiger partial charge in [0.15, 0.2) is 5.96 Å². The molecule has 0 aliphatic rings. The topological polar surface area (TPSA) is 780 Å². The molecule has 0 spiro atoms. The van der Waals surface area contributed by atoms with Gasteiger partial charge in [-0.1, -0.05) is 50.2 Å². The van der Waals surface area contributed by atoms with Gasteiger partial charge in [0.2, 0.25) is 94.5 Å². The molecule has 113 heavy (non-hydrogen) atoms. The van der Waals surface area contributed by atoms with E-state index in [0.717, 1.165) is 6.92 Å². The number of unbranched alkanes of at least 4 members (excludes halogenated alkanes) is 1. The van der Waals surface area contributed by atoms with Crippen LogP contribution in [0.25, 0.3) is 0 Å². The van der Waals surface area contributed by atoms with Crippen LogP contribution >= 0.6 is 7.60 Å². The Bertz CT molecular complexity index is 3720. The Morgan fingerprint density at radius 3 is 1.20 bits per heavy atom. The van der Waals surface area contributed by atoms with Gasteiger partial charge in [0.25, 0.3) is 0 Å². The molecule has 0 radical (unpaired) electrons. The van der Waals surface area contributed by atoms with Crippen molar-refractivity contribution in [1.82, 2.24) is 74.4 Å². The van der Waals surface area contributed by atoms with Gasteiger partial charge in [0.1, 0.15) is 78.3 Å². The van der Waals surface area contributed by atoms with Crippen LogP contribution in [-0.2, 0) is 105 Å². The molecule has 2 rings (SSSR count). The zero-order chi connectivity index (χ0) is 85.4. The average molecular weight is 1620 g/mol. The van der Waals surface area contributed by atoms with E-state index in [1.807, 2.05) is 10.6 Å². The van der Waals surface area contributed by atoms with Crippen LogP contribution in [0.3, 0.4) is 0 Å². The maximum atomic E-state index is 14.2. The van der Waals surface area contributed by atoms with Crippen molar-refractivity contribution < 1.29 is 126 Å². The van der Waals surface area contributed by atoms with Gasteiger partial charge < -0.3 is 144 Å². The Morgan fingerprint density at radius 1 is 0.425 bits per heavy atom. The minimum atomic E-state index is -4.57. The number of carboxylic acid groups (broad SMARTS) is 1. The highest BCUT2D eigenvalue weighted by Gasteiger charge is 2.37. The van der Waals surface area contributed by atoms with E-state index in [2.05, 4.69) is 68.8 Å². The number of primary amides is 2. The summed E-state index contributed by atoms with van der Waals surface area (Å²) in [6.07, 6.45) is -2.88. The van der Waals surface area contributed by atoms with Crippen LogP contribution in [0.4, 0.5) is 0 Å². The molecule has 628 valence electrons. The highest BCUT2D eigenvalue weighted by Crippen LogP contribution is 2.39. The van der Waals surface area contributed by atoms with Crippen LogP contribution in [-0.4, -0.2) is 272 Å². The number of nitrogens with two attached hydrogens (primary N) is 5. The molecule has 47 heteroatoms. The van der Waals surface area contributed by atoms with Gasteiger partial charge in [-0.2, -0.15) is 0 Å². The van der Waals surface area contributed by atoms with Gasteiger partial charge in [-0.3, -0.25) is 86.3 Å². The first-order chi connectivity index (χ1) is 53.0. The number of aliphatic carboxylic acids is 1. The first-order valence-electron chi connectivity index (χ1n) is 35.1. The number of aliphatic hydroxyl groups is 4. The predicted molar refractivity (Wildman–Crippen MR) is 394 cm³/mol. The number of hydrogen-bond donors (Lipinski definition) is 27. The number of phenols is 1. The van der Waals surface area contributed by atoms with Gasteiger partial charge in [0.05, 0.1) is 58.5 Å². The molecule has 2 aromatic carbocycles. The lowest BCUT2D eigenvalue weighted by molar-refractivity contribution is -0.144. The minimum Gasteiger partial charge on any atom is -0.508 e. The summed E-state index contributed by atoms with van der Waals surface area (Å²) in [4.78, 5) is 247. The first kappa shape index (κ1) is 97.5. The number of aliphatic hydroxyl groups excluding tert-OH is 4. The minimum absolute atomic E-state index is 0.0158. The van der Waals surface area contributed by atoms with Crippen LogP contribution in [0.5, 0.6) is 5.75 Å². The van der Waals surface area contributed by atoms with Crippen LogP contribution in [0.1, 0.15) is 95.8 Å². The van der Waals surface area contributed by atoms with Gasteiger partial charge in [0, 0.05) is 26.3 Å². The molecule has 0 aromatic heterocycles. The lowest BCUT2D eigenvalue weighted by Crippen LogP contribution is -2.61. The quantitative estimate of drug-likeness (QED) is 0.0127. The Kier molecular flexibility index (Phi) is 42.9. The third-order valence-electron chi connectivity index (χ3n) is 16.0. The fourth-order valence-electron chi connectivity index (χ4n) is 10.3. The number of carbonyl (C=O) groups excluding carboxylic acids is 16. The van der Waals surface area contributed by atoms with Gasteiger partial charge in [-0.15, -0.1) is 0 Å². The van der Waals surface area contributed by atoms with Crippen molar-refractivity contribution >= 4 is 114 Å². The molecule has 2 aromatic rings. The summed E-state index contributed by atoms with van der Waals surface area (Å²) >= 11 is 0. The summed E-state index contributed by atoms with van der Waals surface area (Å²) in [5, 5.41) is 91.1. The van der Waals surface area contributed by atoms with Crippen LogP contribution in [0.15, 0.2) is 53.5 Å². The molecule has 0 fully saturated rings. The molecule has 12 atom stereocenters. The largest absolute Gasteiger partial charge is 0.508 e. The Morgan fingerprint density at radius 2 is 0.779 bits per heavy atom. The maximum absolute atomic E-state index is 14.2. The van der Waals surface area contributed by atoms with E-state index < -0.39 is 252 Å². The lowest BCUT2D eigenvalue weighted by Gasteiger charge is -2.27. The average Bonchev–Trinajstić information content (AvgIpc) is 0.889. The van der Waals surface area contributed by atoms with Crippen molar-refractivity contribution in [2.24, 2.45) is 39.6 Å². The number of nitrogens with one attached hydrogen (secondary N) is 14. The van der Waals surface area contributed by atoms with Crippen molar-refractivity contribution in [3.8, 4) is 5.75 Å². The summed E-state index contributed by atoms with van der Waals surface area (Å²) in [6.45, 7) is -0.658. The molecule has 0 aliphatic heterocycles. The van der Waals surface area contributed by atoms with E-state index in [1.165, 1.54) is 55.5 Å². The van der Waals surface area contributed by atoms with E-state index in [0.29, 0.717) is 6.42 Å². The number of carboxylic acids is 1. The Labute approximate surface area is 646 Å². The number of guanidine groups is 1. The van der Waals surface area contributed by atoms with E-state index in [9.17, 15) is 126 Å². The van der Waals surface area contributed by atoms with Crippen molar-refractivity contribution in [3.63, 3.8) is 0 Å². The Balaban J connectivity index is 2.36. The number of carbonyl (C=O) groups is 17. The summed E-state index contributed by atoms with van der Waals surface area (Å²) in [7, 11) is -4.57. The van der Waals surface area contributed by atoms with Crippen LogP contribution < -0.4 is 103 Å². The lowest BCUT2D eigenvalue weighted by atomic mass is 10.0. The maximum Gasteiger partial charge on any atom is 0.329 e. The van der Waals surface area contributed by atoms with Crippen LogP contribution in [0.2, 0.25) is 0 Å². The van der Waals surface area contributed by atoms with E-state index in [1.54, 1.807) is 13.8 Å². The summed E-state index contributed by atoms with van der Waals surface area (Å²) in [5.74, 6) is -20.3. The summed E-state index contributed by atoms with van der Waals surface area (Å²) < 4.78 is 11.8. The van der Waals surface area contributed by atoms with E-state index >= 15 is 0 Å². The van der Waals surface area contributed by atoms with Crippen molar-refractivity contribution in [3.05, 3.63) is 65.2 Å². The van der Waals surface area contributed by atoms with Gasteiger partial charge in [-0.05, 0) is 86.7 Å². The molecule has 32 N–H and O–H groups in total. The highest BCUT2D eigenvalue weighted by atomic mass is 31.2. The van der Waals surface area contributed by atoms with Gasteiger partial charge in [-0.25, -0.2) is 4.79 Å². The molecule has 46 nitrogen and oxygen atoms in total. The second kappa shape index (κ2) is 49.7. The monoisotopic (exact) mass is 1620 g/mol. The first-order valence-corrected chi connectivity index (χ1v) is 36.9. The molecule has 0 unspecified atom stereocenters. The number of phenolic OH excluding ortho intramolecular Hbond substituents is 1. The Hall–Kier alpha value is -11.6. The second-order valence-corrected chi connectivity index (χ2v) is 27.8. The van der Waals surface area contributed by atoms with Gasteiger partial charge >= 0.3 is 13.6 Å². The SMILES string of the molecule is CC(=O)N[C@@H](CCCN=C(N)N)C(=O)N[C@@H](CO)C(=O)N[C@@H](CO)C(=O)N[C@@H](CC(C)C)C(=O)N[C@@H](CCCCN)C(=O)N[C@@H](C)C(=O)N[C@@H](Cc1ccc(CP(=O)(O)O)cc1)C(=O)NCC(=O)N[C@@H](CC(N)=O)C(=O)NCC(=O)N[C@@H](Cc1ccc(O)cc1)C(=O)N[C@@H](CO)C(=O)N[C@@H](CO)C(=O)N[C@@H](CC(N)=O)C(=O)O. The number of rotatable bonds is 52. The number of nitrogens with zero attached hydrogens (tertiary/aromatic N) is 1. The molecule has 16 amide bonds. The summed E-state index contributed by atoms with van der Waals surface area (Å²) in [6, 6.07) is -9.93. The molecule has 0 saturated carbocycles. The number of hydrogen-bond acceptors (Lipinski definition) is 25. The van der Waals surface area contributed by atoms with E-state index in [4.69, 9.17) is 28.7 Å². The zero-order valence-corrected chi connectivity index (χ0v) is 63.2. The molecule has 0 aliphatic carbocycles. The van der Waals surface area contributed by atoms with Crippen molar-refractivity contribution in [2.45, 2.75) is 171 Å². The molecule has 0 bridgehead atoms. The molecule has 0 saturated heterocycles. The highest BCUT2D eigenvalue weighted by molar-refractivity contribution is 7.50. The number of benzene rings is 2. The normalized spacial score (nSPS) is 14.3. The standard InChI is InChI=1S/C66H103N20O26P/c1-32(2)20-41(81-61(104)46(27-87)85-63(106)48(29-89)83-58(101)39(76-34(4)91)9-7-19-72-66(70)71)59(102)79-40(8-5-6-18-67)57(100)75-33(3)54(97)80-42(21-35-10-12-37(13-11-35)31-113(110,111)112)55(98)73-26-53(96)78-44(23-50(68)93)56(99)74-25-52(95)77-43(22-36-14-16-38(92)17-15-36)60(103)84-49(30-90)64(107)86-47(28-88)62(105)82-45(65(108)109)24-51(69)94/h10-17,32-33,39-49,87-90,92H,5-9,18-31,67H2,1-4H3,(H2,68,93)(H2,69,94)(H,73,98)(H,74,99)(H,75,100)(H,76,91)(H,77,95)(H,78,96)(H,79,102)(H,80,97)(H,81,104)(H,82,105)(H,83,101)(H,84,103)(H,85,106)(H,86,107)(H,108,109)(H4,70,71,72)(H2,110,111,112)/t33-,39-,40-,41-,42-,43-,44-,45-,46-,47-,48-,49-/m0/s1. The number of aliphatic imine (C=N–C) groups is 1. The third-order valence-corrected chi connectivity index (χ3v) is 16.8. The fourth-order valence-corrected chi connectivity index (χ4v) is 11.0. The molecule has 0 heterocycles. The molecular formula is C66H103N20O26P. The fraction of sp³-hybridized carbons (Fsp3) is 0.545. The number of aromatic hydroxyl groups is 1. The number of amides is 16. The van der Waals surface area contributed by atoms with Crippen molar-refractivity contribution in [2.75, 3.05) is 52.6 Å². The summed E-state index contributed by atoms with van der Waals surface area (Å²) in [5.41, 5.74) is 27.5. The zero-order valence-electron chi connectivity index (χ0n) is 62.3. The molecular weight excluding hydrogens is 1520 g/mol. The van der Waals surface area contributed by atoms with Crippen molar-refractivity contribution in [1.29, 1.82) is 0 Å². The smallest absolute Gasteiger partial charge is 0.329 e. The second-order valence-electron chi connectivity index (χ2n) is 26.1. The van der Waals surface area contributed by atoms with Crippen LogP contribution in [0, 0.1) is 5.92 Å². The third kappa shape index (κ3) is 38.3. The predicted octanol–water partition coefficient (Wildman–Crippen LogP) is -12.0. The van der Waals surface area contributed by atoms with E-state index in [-0.39, 0.29) is 79.5 Å².